The number of benzene rings is 3. The van der Waals surface area contributed by atoms with Crippen LogP contribution in [0, 0.1) is 0 Å². The molecule has 0 N–H and O–H groups in total. The van der Waals surface area contributed by atoms with Crippen LogP contribution >= 0.6 is 0 Å². The molecule has 5 aromatic rings. The Kier molecular flexibility index (Phi) is 3.01. The normalized spacial score (nSPS) is 11.4. The molecular formula is C22H16N2O. The first-order valence-electron chi connectivity index (χ1n) is 8.28. The van der Waals surface area contributed by atoms with Crippen LogP contribution in [-0.2, 0) is 0 Å². The van der Waals surface area contributed by atoms with Crippen molar-refractivity contribution in [1.82, 2.24) is 9.38 Å². The first-order chi connectivity index (χ1) is 12.3. The average Bonchev–Trinajstić information content (AvgIpc) is 3.07. The van der Waals surface area contributed by atoms with Gasteiger partial charge in [-0.25, -0.2) is 4.98 Å². The zero-order chi connectivity index (χ0) is 16.8. The number of nitrogens with zero attached hydrogens (tertiary/aromatic N) is 2. The highest BCUT2D eigenvalue weighted by Crippen LogP contribution is 2.33. The molecule has 0 aliphatic rings. The fourth-order valence-electron chi connectivity index (χ4n) is 3.50. The van der Waals surface area contributed by atoms with E-state index in [9.17, 15) is 0 Å². The summed E-state index contributed by atoms with van der Waals surface area (Å²) in [5.74, 6) is 0.835. The molecule has 0 atom stereocenters. The summed E-state index contributed by atoms with van der Waals surface area (Å²) in [4.78, 5) is 4.97. The number of hydrogen-bond acceptors (Lipinski definition) is 2. The highest BCUT2D eigenvalue weighted by atomic mass is 16.5. The van der Waals surface area contributed by atoms with Crippen LogP contribution in [-0.4, -0.2) is 16.5 Å². The molecule has 3 nitrogen and oxygen atoms in total. The van der Waals surface area contributed by atoms with Crippen molar-refractivity contribution in [1.29, 1.82) is 0 Å². The molecule has 0 aliphatic carbocycles. The lowest BCUT2D eigenvalue weighted by atomic mass is 10.1. The van der Waals surface area contributed by atoms with E-state index < -0.39 is 0 Å². The van der Waals surface area contributed by atoms with Crippen molar-refractivity contribution < 1.29 is 4.74 Å². The van der Waals surface area contributed by atoms with Crippen LogP contribution in [0.4, 0.5) is 0 Å². The number of para-hydroxylation sites is 3. The molecule has 0 saturated heterocycles. The number of aromatic nitrogens is 2. The Labute approximate surface area is 145 Å². The Morgan fingerprint density at radius 2 is 1.56 bits per heavy atom. The van der Waals surface area contributed by atoms with E-state index in [1.165, 1.54) is 10.9 Å². The average molecular weight is 324 g/mol. The lowest BCUT2D eigenvalue weighted by molar-refractivity contribution is 0.415. The third kappa shape index (κ3) is 2.09. The topological polar surface area (TPSA) is 26.5 Å². The van der Waals surface area contributed by atoms with Crippen LogP contribution in [0.25, 0.3) is 38.7 Å². The van der Waals surface area contributed by atoms with Gasteiger partial charge in [0.05, 0.1) is 34.9 Å². The molecule has 2 heterocycles. The largest absolute Gasteiger partial charge is 0.497 e. The Hall–Kier alpha value is -3.33. The molecule has 0 amide bonds. The predicted octanol–water partition coefficient (Wildman–Crippen LogP) is 5.32. The molecule has 0 saturated carbocycles. The van der Waals surface area contributed by atoms with Gasteiger partial charge in [0.15, 0.2) is 0 Å². The lowest BCUT2D eigenvalue weighted by Crippen LogP contribution is -1.95. The van der Waals surface area contributed by atoms with Gasteiger partial charge in [0, 0.05) is 10.9 Å². The number of ether oxygens (including phenoxy) is 1. The van der Waals surface area contributed by atoms with Crippen molar-refractivity contribution in [3.05, 3.63) is 78.9 Å². The highest BCUT2D eigenvalue weighted by molar-refractivity contribution is 5.98. The Morgan fingerprint density at radius 1 is 0.760 bits per heavy atom. The third-order valence-electron chi connectivity index (χ3n) is 4.65. The minimum absolute atomic E-state index is 0.835. The first kappa shape index (κ1) is 14.1. The second kappa shape index (κ2) is 5.35. The van der Waals surface area contributed by atoms with Gasteiger partial charge in [-0.2, -0.15) is 0 Å². The number of hydrogen-bond donors (Lipinski definition) is 0. The maximum atomic E-state index is 5.40. The first-order valence-corrected chi connectivity index (χ1v) is 8.28. The summed E-state index contributed by atoms with van der Waals surface area (Å²) < 4.78 is 7.70. The quantitative estimate of drug-likeness (QED) is 0.439. The van der Waals surface area contributed by atoms with E-state index >= 15 is 0 Å². The summed E-state index contributed by atoms with van der Waals surface area (Å²) in [7, 11) is 1.69. The summed E-state index contributed by atoms with van der Waals surface area (Å²) in [5, 5.41) is 1.21. The zero-order valence-electron chi connectivity index (χ0n) is 13.8. The van der Waals surface area contributed by atoms with Crippen LogP contribution in [0.3, 0.4) is 0 Å². The second-order valence-electron chi connectivity index (χ2n) is 6.10. The van der Waals surface area contributed by atoms with Crippen LogP contribution in [0.1, 0.15) is 0 Å². The van der Waals surface area contributed by atoms with Crippen molar-refractivity contribution in [3.63, 3.8) is 0 Å². The molecule has 3 aromatic carbocycles. The SMILES string of the molecule is COc1cccc(-c2nc3ccccc3n3c2cc2ccccc23)c1. The van der Waals surface area contributed by atoms with Gasteiger partial charge in [0.1, 0.15) is 5.75 Å². The van der Waals surface area contributed by atoms with Crippen LogP contribution in [0.15, 0.2) is 78.9 Å². The molecule has 0 bridgehead atoms. The Balaban J connectivity index is 1.98. The Bertz CT molecular complexity index is 1240. The van der Waals surface area contributed by atoms with Crippen molar-refractivity contribution >= 4 is 27.5 Å². The van der Waals surface area contributed by atoms with Gasteiger partial charge in [0.2, 0.25) is 0 Å². The minimum Gasteiger partial charge on any atom is -0.497 e. The van der Waals surface area contributed by atoms with Gasteiger partial charge in [-0.05, 0) is 36.4 Å². The predicted molar refractivity (Wildman–Crippen MR) is 102 cm³/mol. The van der Waals surface area contributed by atoms with Gasteiger partial charge in [0.25, 0.3) is 0 Å². The van der Waals surface area contributed by atoms with Crippen molar-refractivity contribution in [3.8, 4) is 17.0 Å². The molecule has 5 rings (SSSR count). The molecule has 3 heteroatoms. The fourth-order valence-corrected chi connectivity index (χ4v) is 3.50. The van der Waals surface area contributed by atoms with E-state index in [4.69, 9.17) is 9.72 Å². The molecule has 0 spiro atoms. The van der Waals surface area contributed by atoms with E-state index in [0.717, 1.165) is 33.6 Å². The van der Waals surface area contributed by atoms with Crippen LogP contribution < -0.4 is 4.74 Å². The summed E-state index contributed by atoms with van der Waals surface area (Å²) in [6, 6.07) is 27.0. The molecule has 2 aromatic heterocycles. The van der Waals surface area contributed by atoms with Crippen molar-refractivity contribution in [2.45, 2.75) is 0 Å². The third-order valence-corrected chi connectivity index (χ3v) is 4.65. The zero-order valence-corrected chi connectivity index (χ0v) is 13.8. The molecule has 0 aliphatic heterocycles. The number of fused-ring (bicyclic) bond motifs is 5. The maximum absolute atomic E-state index is 5.40. The summed E-state index contributed by atoms with van der Waals surface area (Å²) in [5.41, 5.74) is 6.42. The van der Waals surface area contributed by atoms with Gasteiger partial charge in [-0.3, -0.25) is 0 Å². The highest BCUT2D eigenvalue weighted by Gasteiger charge is 2.13. The molecule has 0 fully saturated rings. The van der Waals surface area contributed by atoms with Crippen molar-refractivity contribution in [2.75, 3.05) is 7.11 Å². The fraction of sp³-hybridized carbons (Fsp3) is 0.0455. The van der Waals surface area contributed by atoms with E-state index in [-0.39, 0.29) is 0 Å². The van der Waals surface area contributed by atoms with Gasteiger partial charge in [-0.1, -0.05) is 42.5 Å². The summed E-state index contributed by atoms with van der Waals surface area (Å²) in [6.45, 7) is 0. The van der Waals surface area contributed by atoms with E-state index in [0.29, 0.717) is 0 Å². The molecular weight excluding hydrogens is 308 g/mol. The van der Waals surface area contributed by atoms with Crippen LogP contribution in [0.5, 0.6) is 5.75 Å². The minimum atomic E-state index is 0.835. The van der Waals surface area contributed by atoms with E-state index in [1.54, 1.807) is 7.11 Å². The van der Waals surface area contributed by atoms with E-state index in [1.807, 2.05) is 24.3 Å². The standard InChI is InChI=1S/C22H16N2O/c1-25-17-9-6-8-16(13-17)22-21-14-15-7-2-4-11-19(15)24(21)20-12-5-3-10-18(20)23-22/h2-14H,1H3. The molecule has 120 valence electrons. The van der Waals surface area contributed by atoms with Crippen LogP contribution in [0.2, 0.25) is 0 Å². The van der Waals surface area contributed by atoms with Gasteiger partial charge in [-0.15, -0.1) is 0 Å². The second-order valence-corrected chi connectivity index (χ2v) is 6.10. The maximum Gasteiger partial charge on any atom is 0.119 e. The number of rotatable bonds is 2. The Morgan fingerprint density at radius 3 is 2.44 bits per heavy atom. The summed E-state index contributed by atoms with van der Waals surface area (Å²) in [6.07, 6.45) is 0. The monoisotopic (exact) mass is 324 g/mol. The van der Waals surface area contributed by atoms with Gasteiger partial charge >= 0.3 is 0 Å². The lowest BCUT2D eigenvalue weighted by Gasteiger charge is -2.10. The number of methoxy groups -OCH3 is 1. The van der Waals surface area contributed by atoms with Crippen molar-refractivity contribution in [2.24, 2.45) is 0 Å². The molecule has 25 heavy (non-hydrogen) atoms. The summed E-state index contributed by atoms with van der Waals surface area (Å²) >= 11 is 0. The van der Waals surface area contributed by atoms with Gasteiger partial charge < -0.3 is 9.14 Å². The van der Waals surface area contributed by atoms with E-state index in [2.05, 4.69) is 59.0 Å². The molecule has 0 radical (unpaired) electrons. The molecule has 0 unspecified atom stereocenters. The smallest absolute Gasteiger partial charge is 0.119 e.